The molecule has 1 aromatic carbocycles. The highest BCUT2D eigenvalue weighted by molar-refractivity contribution is 14.1. The van der Waals surface area contributed by atoms with E-state index in [0.29, 0.717) is 0 Å². The largest absolute Gasteiger partial charge is 0.271 e. The van der Waals surface area contributed by atoms with Crippen LogP contribution in [0.3, 0.4) is 0 Å². The van der Waals surface area contributed by atoms with Gasteiger partial charge < -0.3 is 0 Å². The summed E-state index contributed by atoms with van der Waals surface area (Å²) in [4.78, 5) is 0. The first-order chi connectivity index (χ1) is 8.70. The summed E-state index contributed by atoms with van der Waals surface area (Å²) in [6.07, 6.45) is 2.04. The molecule has 0 fully saturated rings. The molecule has 3 N–H and O–H groups in total. The van der Waals surface area contributed by atoms with Gasteiger partial charge in [0.15, 0.2) is 0 Å². The molecule has 1 unspecified atom stereocenters. The van der Waals surface area contributed by atoms with Crippen molar-refractivity contribution < 1.29 is 0 Å². The first-order valence-corrected chi connectivity index (χ1v) is 8.44. The van der Waals surface area contributed by atoms with E-state index in [4.69, 9.17) is 5.84 Å². The monoisotopic (exact) mass is 436 g/mol. The van der Waals surface area contributed by atoms with E-state index in [1.54, 1.807) is 11.3 Å². The topological polar surface area (TPSA) is 38.0 Å². The molecule has 0 saturated heterocycles. The number of nitrogens with one attached hydrogen (secondary N) is 1. The number of hydrogen-bond donors (Lipinski definition) is 2. The number of nitrogens with two attached hydrogens (primary N) is 1. The van der Waals surface area contributed by atoms with Gasteiger partial charge in [0.1, 0.15) is 0 Å². The third kappa shape index (κ3) is 3.77. The third-order valence-electron chi connectivity index (χ3n) is 2.84. The quantitative estimate of drug-likeness (QED) is 0.417. The van der Waals surface area contributed by atoms with E-state index in [-0.39, 0.29) is 6.04 Å². The lowest BCUT2D eigenvalue weighted by Crippen LogP contribution is -2.29. The van der Waals surface area contributed by atoms with Gasteiger partial charge in [-0.2, -0.15) is 11.3 Å². The predicted octanol–water partition coefficient (Wildman–Crippen LogP) is 4.25. The first kappa shape index (κ1) is 14.5. The number of hydrogen-bond acceptors (Lipinski definition) is 3. The molecular formula is C13H14BrIN2S. The van der Waals surface area contributed by atoms with Crippen LogP contribution < -0.4 is 11.3 Å². The highest BCUT2D eigenvalue weighted by atomic mass is 127. The van der Waals surface area contributed by atoms with Crippen LogP contribution in [0.2, 0.25) is 0 Å². The molecule has 2 aromatic rings. The van der Waals surface area contributed by atoms with E-state index in [0.717, 1.165) is 17.3 Å². The van der Waals surface area contributed by atoms with Crippen molar-refractivity contribution in [2.45, 2.75) is 18.9 Å². The lowest BCUT2D eigenvalue weighted by Gasteiger charge is -2.18. The fourth-order valence-corrected chi connectivity index (χ4v) is 3.65. The van der Waals surface area contributed by atoms with Gasteiger partial charge in [-0.1, -0.05) is 15.9 Å². The van der Waals surface area contributed by atoms with Gasteiger partial charge in [-0.3, -0.25) is 11.3 Å². The van der Waals surface area contributed by atoms with Crippen LogP contribution in [0.1, 0.15) is 23.6 Å². The minimum Gasteiger partial charge on any atom is -0.271 e. The molecule has 0 aliphatic heterocycles. The SMILES string of the molecule is NNC(CCc1ccsc1)c1cc(Br)ccc1I. The molecule has 1 heterocycles. The van der Waals surface area contributed by atoms with Crippen molar-refractivity contribution in [2.75, 3.05) is 0 Å². The maximum absolute atomic E-state index is 5.70. The van der Waals surface area contributed by atoms with Crippen molar-refractivity contribution in [2.24, 2.45) is 5.84 Å². The molecule has 5 heteroatoms. The summed E-state index contributed by atoms with van der Waals surface area (Å²) < 4.78 is 2.33. The lowest BCUT2D eigenvalue weighted by molar-refractivity contribution is 0.514. The minimum atomic E-state index is 0.189. The molecule has 0 spiro atoms. The standard InChI is InChI=1S/C13H14BrIN2S/c14-10-2-3-12(15)11(7-10)13(17-16)4-1-9-5-6-18-8-9/h2-3,5-8,13,17H,1,4,16H2. The molecule has 0 aliphatic carbocycles. The average molecular weight is 437 g/mol. The summed E-state index contributed by atoms with van der Waals surface area (Å²) in [6, 6.07) is 8.66. The van der Waals surface area contributed by atoms with Crippen molar-refractivity contribution in [1.82, 2.24) is 5.43 Å². The summed E-state index contributed by atoms with van der Waals surface area (Å²) in [5.74, 6) is 5.70. The molecule has 96 valence electrons. The van der Waals surface area contributed by atoms with Gasteiger partial charge in [-0.05, 0) is 81.6 Å². The fraction of sp³-hybridized carbons (Fsp3) is 0.231. The van der Waals surface area contributed by atoms with Crippen molar-refractivity contribution in [3.63, 3.8) is 0 Å². The highest BCUT2D eigenvalue weighted by Gasteiger charge is 2.13. The van der Waals surface area contributed by atoms with Crippen molar-refractivity contribution in [1.29, 1.82) is 0 Å². The van der Waals surface area contributed by atoms with Crippen LogP contribution in [0, 0.1) is 3.57 Å². The Morgan fingerprint density at radius 2 is 2.22 bits per heavy atom. The first-order valence-electron chi connectivity index (χ1n) is 5.63. The maximum atomic E-state index is 5.70. The molecule has 0 saturated carbocycles. The molecule has 1 atom stereocenters. The summed E-state index contributed by atoms with van der Waals surface area (Å²) >= 11 is 7.61. The normalized spacial score (nSPS) is 12.6. The maximum Gasteiger partial charge on any atom is 0.0474 e. The molecule has 0 amide bonds. The summed E-state index contributed by atoms with van der Waals surface area (Å²) in [7, 11) is 0. The number of hydrazine groups is 1. The Morgan fingerprint density at radius 3 is 2.89 bits per heavy atom. The lowest BCUT2D eigenvalue weighted by atomic mass is 10.0. The average Bonchev–Trinajstić information content (AvgIpc) is 2.87. The predicted molar refractivity (Wildman–Crippen MR) is 89.6 cm³/mol. The zero-order valence-electron chi connectivity index (χ0n) is 9.70. The van der Waals surface area contributed by atoms with Gasteiger partial charge in [0.2, 0.25) is 0 Å². The Morgan fingerprint density at radius 1 is 1.39 bits per heavy atom. The van der Waals surface area contributed by atoms with Gasteiger partial charge in [0.05, 0.1) is 0 Å². The zero-order valence-corrected chi connectivity index (χ0v) is 14.3. The van der Waals surface area contributed by atoms with Crippen LogP contribution in [0.15, 0.2) is 39.5 Å². The van der Waals surface area contributed by atoms with Crippen LogP contribution in [0.25, 0.3) is 0 Å². The van der Waals surface area contributed by atoms with Crippen LogP contribution in [-0.4, -0.2) is 0 Å². The third-order valence-corrected chi connectivity index (χ3v) is 5.04. The summed E-state index contributed by atoms with van der Waals surface area (Å²) in [5, 5.41) is 4.31. The van der Waals surface area contributed by atoms with E-state index in [1.165, 1.54) is 14.7 Å². The fourth-order valence-electron chi connectivity index (χ4n) is 1.86. The molecule has 0 bridgehead atoms. The van der Waals surface area contributed by atoms with Crippen LogP contribution in [0.4, 0.5) is 0 Å². The van der Waals surface area contributed by atoms with E-state index in [9.17, 15) is 0 Å². The van der Waals surface area contributed by atoms with Gasteiger partial charge in [0.25, 0.3) is 0 Å². The van der Waals surface area contributed by atoms with Gasteiger partial charge in [-0.25, -0.2) is 0 Å². The van der Waals surface area contributed by atoms with Crippen molar-refractivity contribution >= 4 is 49.9 Å². The molecule has 0 radical (unpaired) electrons. The number of halogens is 2. The van der Waals surface area contributed by atoms with Crippen LogP contribution in [0.5, 0.6) is 0 Å². The summed E-state index contributed by atoms with van der Waals surface area (Å²) in [6.45, 7) is 0. The zero-order chi connectivity index (χ0) is 13.0. The second-order valence-corrected chi connectivity index (χ2v) is 6.91. The Labute approximate surface area is 133 Å². The van der Waals surface area contributed by atoms with Crippen molar-refractivity contribution in [3.8, 4) is 0 Å². The minimum absolute atomic E-state index is 0.189. The molecule has 0 aliphatic rings. The molecule has 18 heavy (non-hydrogen) atoms. The smallest absolute Gasteiger partial charge is 0.0474 e. The second kappa shape index (κ2) is 7.00. The number of rotatable bonds is 5. The Kier molecular flexibility index (Phi) is 5.62. The molecule has 1 aromatic heterocycles. The van der Waals surface area contributed by atoms with Gasteiger partial charge in [0, 0.05) is 14.1 Å². The molecule has 2 rings (SSSR count). The number of benzene rings is 1. The van der Waals surface area contributed by atoms with Crippen LogP contribution >= 0.6 is 49.9 Å². The van der Waals surface area contributed by atoms with Crippen molar-refractivity contribution in [3.05, 3.63) is 54.2 Å². The van der Waals surface area contributed by atoms with Gasteiger partial charge >= 0.3 is 0 Å². The molecular weight excluding hydrogens is 423 g/mol. The van der Waals surface area contributed by atoms with E-state index in [2.05, 4.69) is 79.0 Å². The number of aryl methyl sites for hydroxylation is 1. The Bertz CT molecular complexity index is 502. The summed E-state index contributed by atoms with van der Waals surface area (Å²) in [5.41, 5.74) is 5.56. The second-order valence-electron chi connectivity index (χ2n) is 4.06. The van der Waals surface area contributed by atoms with E-state index < -0.39 is 0 Å². The van der Waals surface area contributed by atoms with Crippen LogP contribution in [-0.2, 0) is 6.42 Å². The Hall–Kier alpha value is 0.0500. The van der Waals surface area contributed by atoms with E-state index >= 15 is 0 Å². The van der Waals surface area contributed by atoms with Gasteiger partial charge in [-0.15, -0.1) is 0 Å². The number of thiophene rings is 1. The van der Waals surface area contributed by atoms with E-state index in [1.807, 2.05) is 0 Å². The molecule has 2 nitrogen and oxygen atoms in total. The Balaban J connectivity index is 2.10. The highest BCUT2D eigenvalue weighted by Crippen LogP contribution is 2.27.